The number of nitrogens with zero attached hydrogens (tertiary/aromatic N) is 2. The minimum absolute atomic E-state index is 0.204. The maximum atomic E-state index is 11.6. The smallest absolute Gasteiger partial charge is 0.311 e. The van der Waals surface area contributed by atoms with E-state index in [1.165, 1.54) is 6.07 Å². The van der Waals surface area contributed by atoms with Gasteiger partial charge >= 0.3 is 5.97 Å². The topological polar surface area (TPSA) is 72.2 Å². The van der Waals surface area contributed by atoms with Crippen LogP contribution in [0, 0.1) is 0 Å². The van der Waals surface area contributed by atoms with E-state index in [0.29, 0.717) is 5.69 Å². The Balaban J connectivity index is 2.31. The molecule has 1 heterocycles. The first-order valence-electron chi connectivity index (χ1n) is 5.12. The molecular weight excluding hydrogens is 256 g/mol. The lowest BCUT2D eigenvalue weighted by Crippen LogP contribution is -2.08. The molecule has 1 aromatic heterocycles. The second-order valence-corrected chi connectivity index (χ2v) is 4.02. The molecular formula is C12H9ClN2O3. The van der Waals surface area contributed by atoms with E-state index >= 15 is 0 Å². The Bertz CT molecular complexity index is 593. The van der Waals surface area contributed by atoms with Crippen LogP contribution < -0.4 is 0 Å². The van der Waals surface area contributed by atoms with E-state index in [-0.39, 0.29) is 10.6 Å². The fourth-order valence-electron chi connectivity index (χ4n) is 1.53. The number of carboxylic acid groups (broad SMARTS) is 1. The summed E-state index contributed by atoms with van der Waals surface area (Å²) in [6, 6.07) is 6.50. The highest BCUT2D eigenvalue weighted by atomic mass is 35.5. The quantitative estimate of drug-likeness (QED) is 0.679. The van der Waals surface area contributed by atoms with E-state index in [1.54, 1.807) is 35.3 Å². The molecule has 0 saturated carbocycles. The largest absolute Gasteiger partial charge is 0.481 e. The van der Waals surface area contributed by atoms with Crippen LogP contribution in [0.4, 0.5) is 0 Å². The van der Waals surface area contributed by atoms with Gasteiger partial charge in [-0.1, -0.05) is 11.6 Å². The summed E-state index contributed by atoms with van der Waals surface area (Å²) in [5, 5.41) is 12.8. The van der Waals surface area contributed by atoms with Crippen molar-refractivity contribution in [3.8, 4) is 5.69 Å². The zero-order valence-corrected chi connectivity index (χ0v) is 9.96. The highest BCUT2D eigenvalue weighted by Crippen LogP contribution is 2.21. The molecule has 0 spiro atoms. The Hall–Kier alpha value is -2.14. The van der Waals surface area contributed by atoms with Gasteiger partial charge in [0.05, 0.1) is 10.7 Å². The molecule has 1 aromatic carbocycles. The maximum absolute atomic E-state index is 11.6. The van der Waals surface area contributed by atoms with Crippen LogP contribution in [0.15, 0.2) is 36.7 Å². The molecule has 0 saturated heterocycles. The number of aromatic nitrogens is 2. The summed E-state index contributed by atoms with van der Waals surface area (Å²) in [7, 11) is 0. The van der Waals surface area contributed by atoms with Crippen molar-refractivity contribution >= 4 is 23.4 Å². The molecule has 0 aliphatic rings. The van der Waals surface area contributed by atoms with E-state index in [0.717, 1.165) is 0 Å². The molecule has 2 rings (SSSR count). The summed E-state index contributed by atoms with van der Waals surface area (Å²) in [6.45, 7) is 0. The van der Waals surface area contributed by atoms with Crippen molar-refractivity contribution in [3.63, 3.8) is 0 Å². The zero-order valence-electron chi connectivity index (χ0n) is 9.21. The first-order chi connectivity index (χ1) is 8.58. The number of hydrogen-bond donors (Lipinski definition) is 1. The van der Waals surface area contributed by atoms with Gasteiger partial charge in [0.2, 0.25) is 0 Å². The predicted molar refractivity (Wildman–Crippen MR) is 65.2 cm³/mol. The Morgan fingerprint density at radius 1 is 1.39 bits per heavy atom. The van der Waals surface area contributed by atoms with Crippen LogP contribution in [-0.4, -0.2) is 26.6 Å². The molecule has 18 heavy (non-hydrogen) atoms. The number of rotatable bonds is 4. The van der Waals surface area contributed by atoms with Gasteiger partial charge in [-0.25, -0.2) is 4.68 Å². The van der Waals surface area contributed by atoms with Crippen LogP contribution in [0.25, 0.3) is 5.69 Å². The summed E-state index contributed by atoms with van der Waals surface area (Å²) in [5.74, 6) is -1.69. The maximum Gasteiger partial charge on any atom is 0.311 e. The minimum atomic E-state index is -1.17. The van der Waals surface area contributed by atoms with Gasteiger partial charge in [-0.15, -0.1) is 0 Å². The number of benzene rings is 1. The average molecular weight is 265 g/mol. The van der Waals surface area contributed by atoms with Gasteiger partial charge in [-0.2, -0.15) is 5.10 Å². The molecule has 2 aromatic rings. The van der Waals surface area contributed by atoms with E-state index in [2.05, 4.69) is 5.10 Å². The van der Waals surface area contributed by atoms with Gasteiger partial charge < -0.3 is 5.11 Å². The first-order valence-corrected chi connectivity index (χ1v) is 5.50. The lowest BCUT2D eigenvalue weighted by Gasteiger charge is -2.05. The van der Waals surface area contributed by atoms with Crippen molar-refractivity contribution in [1.82, 2.24) is 9.78 Å². The monoisotopic (exact) mass is 264 g/mol. The highest BCUT2D eigenvalue weighted by Gasteiger charge is 2.14. The second-order valence-electron chi connectivity index (χ2n) is 3.61. The third kappa shape index (κ3) is 2.57. The fourth-order valence-corrected chi connectivity index (χ4v) is 1.81. The molecule has 1 N–H and O–H groups in total. The van der Waals surface area contributed by atoms with Crippen molar-refractivity contribution in [3.05, 3.63) is 47.2 Å². The molecule has 0 atom stereocenters. The molecule has 0 fully saturated rings. The molecule has 0 bridgehead atoms. The average Bonchev–Trinajstić information content (AvgIpc) is 2.80. The summed E-state index contributed by atoms with van der Waals surface area (Å²) in [5.41, 5.74) is 0.909. The Kier molecular flexibility index (Phi) is 3.43. The van der Waals surface area contributed by atoms with E-state index in [9.17, 15) is 9.59 Å². The number of Topliss-reactive ketones (excluding diaryl/α,β-unsaturated/α-hetero) is 1. The normalized spacial score (nSPS) is 10.3. The van der Waals surface area contributed by atoms with Crippen LogP contribution in [-0.2, 0) is 4.79 Å². The van der Waals surface area contributed by atoms with Crippen LogP contribution in [0.2, 0.25) is 5.02 Å². The lowest BCUT2D eigenvalue weighted by atomic mass is 10.1. The van der Waals surface area contributed by atoms with E-state index in [1.807, 2.05) is 0 Å². The zero-order chi connectivity index (χ0) is 13.1. The van der Waals surface area contributed by atoms with Gasteiger partial charge in [0.15, 0.2) is 5.78 Å². The van der Waals surface area contributed by atoms with Gasteiger partial charge in [0.1, 0.15) is 6.42 Å². The van der Waals surface area contributed by atoms with E-state index < -0.39 is 18.2 Å². The second kappa shape index (κ2) is 5.01. The standard InChI is InChI=1S/C12H9ClN2O3/c13-10-6-8(15-5-1-4-14-15)2-3-9(10)11(16)7-12(17)18/h1-6H,7H2,(H,17,18). The first kappa shape index (κ1) is 12.3. The number of halogens is 1. The molecule has 0 unspecified atom stereocenters. The van der Waals surface area contributed by atoms with Gasteiger partial charge in [0.25, 0.3) is 0 Å². The van der Waals surface area contributed by atoms with Crippen molar-refractivity contribution < 1.29 is 14.7 Å². The Morgan fingerprint density at radius 3 is 2.72 bits per heavy atom. The highest BCUT2D eigenvalue weighted by molar-refractivity contribution is 6.34. The number of carbonyl (C=O) groups excluding carboxylic acids is 1. The molecule has 0 amide bonds. The third-order valence-corrected chi connectivity index (χ3v) is 2.65. The van der Waals surface area contributed by atoms with Crippen LogP contribution in [0.3, 0.4) is 0 Å². The number of ketones is 1. The van der Waals surface area contributed by atoms with Crippen molar-refractivity contribution in [2.24, 2.45) is 0 Å². The predicted octanol–water partition coefficient (Wildman–Crippen LogP) is 2.18. The van der Waals surface area contributed by atoms with Crippen LogP contribution in [0.1, 0.15) is 16.8 Å². The minimum Gasteiger partial charge on any atom is -0.481 e. The molecule has 0 aliphatic carbocycles. The Morgan fingerprint density at radius 2 is 2.17 bits per heavy atom. The SMILES string of the molecule is O=C(O)CC(=O)c1ccc(-n2cccn2)cc1Cl. The summed E-state index contributed by atoms with van der Waals surface area (Å²) in [4.78, 5) is 22.1. The van der Waals surface area contributed by atoms with Crippen LogP contribution >= 0.6 is 11.6 Å². The lowest BCUT2D eigenvalue weighted by molar-refractivity contribution is -0.135. The third-order valence-electron chi connectivity index (χ3n) is 2.33. The summed E-state index contributed by atoms with van der Waals surface area (Å²) in [6.07, 6.45) is 2.79. The molecule has 92 valence electrons. The van der Waals surface area contributed by atoms with Gasteiger partial charge in [0, 0.05) is 18.0 Å². The number of hydrogen-bond acceptors (Lipinski definition) is 3. The molecule has 6 heteroatoms. The van der Waals surface area contributed by atoms with Crippen molar-refractivity contribution in [2.75, 3.05) is 0 Å². The van der Waals surface area contributed by atoms with Gasteiger partial charge in [-0.3, -0.25) is 9.59 Å². The van der Waals surface area contributed by atoms with Gasteiger partial charge in [-0.05, 0) is 24.3 Å². The van der Waals surface area contributed by atoms with Crippen molar-refractivity contribution in [2.45, 2.75) is 6.42 Å². The molecule has 0 radical (unpaired) electrons. The number of carbonyl (C=O) groups is 2. The fraction of sp³-hybridized carbons (Fsp3) is 0.0833. The molecule has 0 aliphatic heterocycles. The number of aliphatic carboxylic acids is 1. The van der Waals surface area contributed by atoms with E-state index in [4.69, 9.17) is 16.7 Å². The van der Waals surface area contributed by atoms with Crippen molar-refractivity contribution in [1.29, 1.82) is 0 Å². The van der Waals surface area contributed by atoms with Crippen LogP contribution in [0.5, 0.6) is 0 Å². The summed E-state index contributed by atoms with van der Waals surface area (Å²) >= 11 is 5.97. The molecule has 5 nitrogen and oxygen atoms in total. The Labute approximate surface area is 108 Å². The summed E-state index contributed by atoms with van der Waals surface area (Å²) < 4.78 is 1.59. The number of carboxylic acids is 1.